The normalized spacial score (nSPS) is 30.4. The van der Waals surface area contributed by atoms with Gasteiger partial charge >= 0.3 is 6.01 Å². The van der Waals surface area contributed by atoms with Crippen LogP contribution < -0.4 is 9.64 Å². The van der Waals surface area contributed by atoms with Gasteiger partial charge in [-0.05, 0) is 38.6 Å². The number of anilines is 1. The van der Waals surface area contributed by atoms with E-state index >= 15 is 0 Å². The van der Waals surface area contributed by atoms with E-state index in [0.717, 1.165) is 58.2 Å². The van der Waals surface area contributed by atoms with Gasteiger partial charge in [-0.1, -0.05) is 6.42 Å². The van der Waals surface area contributed by atoms with Crippen molar-refractivity contribution in [3.63, 3.8) is 0 Å². The molecule has 2 aromatic heterocycles. The van der Waals surface area contributed by atoms with Crippen LogP contribution in [-0.4, -0.2) is 90.4 Å². The molecule has 0 radical (unpaired) electrons. The number of ether oxygens (including phenoxy) is 4. The molecule has 5 aliphatic rings. The fraction of sp³-hybridized carbons (Fsp3) is 0.741. The highest BCUT2D eigenvalue weighted by atomic mass is 19.1. The second-order valence-electron chi connectivity index (χ2n) is 11.4. The summed E-state index contributed by atoms with van der Waals surface area (Å²) in [5.74, 6) is -0.0976. The van der Waals surface area contributed by atoms with Gasteiger partial charge in [-0.2, -0.15) is 9.97 Å². The van der Waals surface area contributed by atoms with Crippen LogP contribution in [0.1, 0.15) is 51.4 Å². The Hall–Kier alpha value is -2.14. The molecule has 2 aliphatic carbocycles. The van der Waals surface area contributed by atoms with E-state index in [2.05, 4.69) is 19.8 Å². The van der Waals surface area contributed by atoms with E-state index in [1.165, 1.54) is 19.0 Å². The largest absolute Gasteiger partial charge is 0.463 e. The van der Waals surface area contributed by atoms with Crippen LogP contribution in [0, 0.1) is 11.2 Å². The number of pyridine rings is 1. The first-order valence-electron chi connectivity index (χ1n) is 14.0. The summed E-state index contributed by atoms with van der Waals surface area (Å²) < 4.78 is 38.7. The quantitative estimate of drug-likeness (QED) is 0.598. The van der Waals surface area contributed by atoms with Gasteiger partial charge in [-0.25, -0.2) is 4.39 Å². The third-order valence-electron chi connectivity index (χ3n) is 9.26. The van der Waals surface area contributed by atoms with Gasteiger partial charge in [0.15, 0.2) is 11.6 Å². The highest BCUT2D eigenvalue weighted by Crippen LogP contribution is 2.52. The maximum Gasteiger partial charge on any atom is 0.319 e. The van der Waals surface area contributed by atoms with Crippen LogP contribution in [0.2, 0.25) is 0 Å². The number of aromatic nitrogens is 3. The lowest BCUT2D eigenvalue weighted by Gasteiger charge is -2.55. The number of likely N-dealkylation sites (tertiary alicyclic amines) is 1. The summed E-state index contributed by atoms with van der Waals surface area (Å²) in [4.78, 5) is 18.3. The molecule has 2 atom stereocenters. The number of nitrogens with zero attached hydrogens (tertiary/aromatic N) is 5. The zero-order valence-electron chi connectivity index (χ0n) is 21.4. The summed E-state index contributed by atoms with van der Waals surface area (Å²) >= 11 is 0. The number of piperidine rings is 1. The molecule has 2 aromatic rings. The Morgan fingerprint density at radius 3 is 2.73 bits per heavy atom. The second kappa shape index (κ2) is 9.55. The lowest BCUT2D eigenvalue weighted by molar-refractivity contribution is -0.242. The highest BCUT2D eigenvalue weighted by Gasteiger charge is 2.56. The first-order chi connectivity index (χ1) is 18.1. The zero-order chi connectivity index (χ0) is 24.9. The summed E-state index contributed by atoms with van der Waals surface area (Å²) in [6.07, 6.45) is 11.5. The van der Waals surface area contributed by atoms with E-state index in [4.69, 9.17) is 23.9 Å². The Morgan fingerprint density at radius 1 is 0.973 bits per heavy atom. The van der Waals surface area contributed by atoms with Crippen molar-refractivity contribution in [2.75, 3.05) is 57.6 Å². The van der Waals surface area contributed by atoms with Gasteiger partial charge in [-0.3, -0.25) is 9.88 Å². The van der Waals surface area contributed by atoms with Gasteiger partial charge in [0, 0.05) is 56.2 Å². The zero-order valence-corrected chi connectivity index (χ0v) is 21.4. The topological polar surface area (TPSA) is 82.1 Å². The molecule has 37 heavy (non-hydrogen) atoms. The smallest absolute Gasteiger partial charge is 0.319 e. The number of halogens is 1. The van der Waals surface area contributed by atoms with Crippen molar-refractivity contribution < 1.29 is 23.3 Å². The molecule has 0 aromatic carbocycles. The van der Waals surface area contributed by atoms with Crippen molar-refractivity contribution >= 4 is 16.7 Å². The Kier molecular flexibility index (Phi) is 6.18. The van der Waals surface area contributed by atoms with Crippen molar-refractivity contribution in [3.8, 4) is 6.01 Å². The van der Waals surface area contributed by atoms with E-state index < -0.39 is 5.82 Å². The van der Waals surface area contributed by atoms with Gasteiger partial charge in [0.2, 0.25) is 0 Å². The summed E-state index contributed by atoms with van der Waals surface area (Å²) in [6, 6.07) is 1.25. The second-order valence-corrected chi connectivity index (χ2v) is 11.4. The van der Waals surface area contributed by atoms with Crippen molar-refractivity contribution in [2.45, 2.75) is 69.2 Å². The summed E-state index contributed by atoms with van der Waals surface area (Å²) in [7, 11) is 0. The van der Waals surface area contributed by atoms with Gasteiger partial charge in [0.1, 0.15) is 11.3 Å². The maximum absolute atomic E-state index is 14.8. The third kappa shape index (κ3) is 4.26. The first-order valence-corrected chi connectivity index (χ1v) is 14.0. The molecular formula is C27H36FN5O4. The fourth-order valence-electron chi connectivity index (χ4n) is 7.45. The Bertz CT molecular complexity index is 1130. The number of rotatable bonds is 5. The minimum absolute atomic E-state index is 0.0735. The molecule has 0 bridgehead atoms. The summed E-state index contributed by atoms with van der Waals surface area (Å²) in [5, 5.41) is 0.616. The van der Waals surface area contributed by atoms with E-state index in [9.17, 15) is 4.39 Å². The van der Waals surface area contributed by atoms with Crippen molar-refractivity contribution in [1.29, 1.82) is 0 Å². The van der Waals surface area contributed by atoms with Gasteiger partial charge in [0.05, 0.1) is 38.0 Å². The standard InChI is InChI=1S/C27H36FN5O4/c28-21-17-29-16-20-23(21)30-25(31-24(20)32-7-3-10-34-11-9-32)35-18-26-5-1-4-22(26)33(8-2-6-26)19-14-27(15-19)36-12-13-37-27/h16-17,19,22H,1-15,18H2/t22-,26-/m1/s1. The minimum atomic E-state index is -0.451. The molecule has 0 unspecified atom stereocenters. The molecule has 0 N–H and O–H groups in total. The van der Waals surface area contributed by atoms with Gasteiger partial charge in [0.25, 0.3) is 0 Å². The Balaban J connectivity index is 1.12. The molecule has 7 rings (SSSR count). The van der Waals surface area contributed by atoms with Crippen LogP contribution in [0.3, 0.4) is 0 Å². The molecule has 200 valence electrons. The first kappa shape index (κ1) is 23.9. The van der Waals surface area contributed by atoms with Crippen molar-refractivity contribution in [1.82, 2.24) is 19.9 Å². The predicted octanol–water partition coefficient (Wildman–Crippen LogP) is 3.31. The predicted molar refractivity (Wildman–Crippen MR) is 134 cm³/mol. The summed E-state index contributed by atoms with van der Waals surface area (Å²) in [6.45, 7) is 5.92. The number of fused-ring (bicyclic) bond motifs is 2. The number of hydrogen-bond donors (Lipinski definition) is 0. The van der Waals surface area contributed by atoms with Crippen LogP contribution in [0.25, 0.3) is 10.9 Å². The van der Waals surface area contributed by atoms with E-state index in [0.29, 0.717) is 56.3 Å². The average molecular weight is 514 g/mol. The van der Waals surface area contributed by atoms with Crippen molar-refractivity contribution in [3.05, 3.63) is 18.2 Å². The molecule has 3 saturated heterocycles. The van der Waals surface area contributed by atoms with Gasteiger partial charge in [-0.15, -0.1) is 0 Å². The van der Waals surface area contributed by atoms with Crippen molar-refractivity contribution in [2.24, 2.45) is 5.41 Å². The van der Waals surface area contributed by atoms with E-state index in [1.807, 2.05) is 0 Å². The Morgan fingerprint density at radius 2 is 1.84 bits per heavy atom. The van der Waals surface area contributed by atoms with E-state index in [1.54, 1.807) is 6.20 Å². The molecule has 2 saturated carbocycles. The highest BCUT2D eigenvalue weighted by molar-refractivity contribution is 5.89. The van der Waals surface area contributed by atoms with Crippen LogP contribution in [0.4, 0.5) is 10.2 Å². The maximum atomic E-state index is 14.8. The molecule has 5 fully saturated rings. The van der Waals surface area contributed by atoms with E-state index in [-0.39, 0.29) is 22.7 Å². The monoisotopic (exact) mass is 513 g/mol. The van der Waals surface area contributed by atoms with Crippen LogP contribution >= 0.6 is 0 Å². The molecule has 3 aliphatic heterocycles. The fourth-order valence-corrected chi connectivity index (χ4v) is 7.45. The average Bonchev–Trinajstić information content (AvgIpc) is 3.48. The SMILES string of the molecule is Fc1cncc2c(N3CCCOCC3)nc(OC[C@]34CCC[C@H]3N(C3CC5(C3)OCCO5)CCC4)nc12. The van der Waals surface area contributed by atoms with Gasteiger partial charge < -0.3 is 23.8 Å². The molecule has 10 heteroatoms. The third-order valence-corrected chi connectivity index (χ3v) is 9.26. The number of hydrogen-bond acceptors (Lipinski definition) is 9. The van der Waals surface area contributed by atoms with Crippen LogP contribution in [0.5, 0.6) is 6.01 Å². The lowest BCUT2D eigenvalue weighted by atomic mass is 9.72. The minimum Gasteiger partial charge on any atom is -0.463 e. The molecular weight excluding hydrogens is 477 g/mol. The molecule has 1 spiro atoms. The van der Waals surface area contributed by atoms with Crippen LogP contribution in [-0.2, 0) is 14.2 Å². The Labute approximate surface area is 216 Å². The lowest BCUT2D eigenvalue weighted by Crippen LogP contribution is -2.63. The molecule has 9 nitrogen and oxygen atoms in total. The molecule has 0 amide bonds. The molecule has 5 heterocycles. The van der Waals surface area contributed by atoms with Crippen LogP contribution in [0.15, 0.2) is 12.4 Å². The summed E-state index contributed by atoms with van der Waals surface area (Å²) in [5.41, 5.74) is 0.339.